The molecule has 0 saturated carbocycles. The Labute approximate surface area is 230 Å². The first-order valence-electron chi connectivity index (χ1n) is 11.8. The second kappa shape index (κ2) is 10.9. The van der Waals surface area contributed by atoms with Crippen LogP contribution in [0.1, 0.15) is 44.5 Å². The molecule has 0 unspecified atom stereocenters. The zero-order valence-electron chi connectivity index (χ0n) is 20.8. The van der Waals surface area contributed by atoms with Crippen LogP contribution in [0.25, 0.3) is 35.1 Å². The Bertz CT molecular complexity index is 1470. The van der Waals surface area contributed by atoms with Gasteiger partial charge < -0.3 is 0 Å². The van der Waals surface area contributed by atoms with Gasteiger partial charge in [0.15, 0.2) is 0 Å². The van der Waals surface area contributed by atoms with E-state index in [0.29, 0.717) is 46.2 Å². The summed E-state index contributed by atoms with van der Waals surface area (Å²) >= 11 is 0. The second-order valence-electron chi connectivity index (χ2n) is 9.21. The van der Waals surface area contributed by atoms with E-state index in [-0.39, 0.29) is 23.3 Å². The number of benzene rings is 4. The SMILES string of the molecule is FC(F)(F)c1cc(/C=C/c2ccc3cc(/C=C/c4cc(C(F)(F)F)cc(C(F)(F)F)c4)ccc3c2)cc(C(F)(F)F)c1. The van der Waals surface area contributed by atoms with Crippen LogP contribution in [-0.2, 0) is 24.7 Å². The molecule has 0 atom stereocenters. The van der Waals surface area contributed by atoms with Crippen LogP contribution in [-0.4, -0.2) is 0 Å². The van der Waals surface area contributed by atoms with Crippen LogP contribution in [0.5, 0.6) is 0 Å². The summed E-state index contributed by atoms with van der Waals surface area (Å²) in [6.45, 7) is 0. The summed E-state index contributed by atoms with van der Waals surface area (Å²) in [5.41, 5.74) is -5.54. The van der Waals surface area contributed by atoms with E-state index in [9.17, 15) is 52.7 Å². The van der Waals surface area contributed by atoms with Crippen molar-refractivity contribution in [2.45, 2.75) is 24.7 Å². The molecule has 0 nitrogen and oxygen atoms in total. The normalized spacial score (nSPS) is 13.5. The van der Waals surface area contributed by atoms with E-state index < -0.39 is 47.0 Å². The predicted octanol–water partition coefficient (Wildman–Crippen LogP) is 11.3. The van der Waals surface area contributed by atoms with Crippen molar-refractivity contribution in [1.29, 1.82) is 0 Å². The molecular weight excluding hydrogens is 588 g/mol. The predicted molar refractivity (Wildman–Crippen MR) is 135 cm³/mol. The molecule has 0 spiro atoms. The molecule has 0 aliphatic carbocycles. The molecule has 42 heavy (non-hydrogen) atoms. The molecule has 0 fully saturated rings. The summed E-state index contributed by atoms with van der Waals surface area (Å²) in [5.74, 6) is 0. The molecule has 0 amide bonds. The zero-order chi connectivity index (χ0) is 31.1. The first-order valence-corrected chi connectivity index (χ1v) is 11.8. The van der Waals surface area contributed by atoms with Gasteiger partial charge in [0.05, 0.1) is 22.3 Å². The van der Waals surface area contributed by atoms with Crippen LogP contribution in [0.2, 0.25) is 0 Å². The highest BCUT2D eigenvalue weighted by atomic mass is 19.4. The fourth-order valence-corrected chi connectivity index (χ4v) is 4.03. The third-order valence-corrected chi connectivity index (χ3v) is 6.04. The first-order chi connectivity index (χ1) is 19.3. The number of alkyl halides is 12. The van der Waals surface area contributed by atoms with E-state index in [2.05, 4.69) is 0 Å². The smallest absolute Gasteiger partial charge is 0.166 e. The van der Waals surface area contributed by atoms with Crippen molar-refractivity contribution in [2.24, 2.45) is 0 Å². The van der Waals surface area contributed by atoms with Crippen molar-refractivity contribution in [3.63, 3.8) is 0 Å². The van der Waals surface area contributed by atoms with E-state index in [1.54, 1.807) is 24.3 Å². The lowest BCUT2D eigenvalue weighted by molar-refractivity contribution is -0.144. The van der Waals surface area contributed by atoms with E-state index in [1.165, 1.54) is 24.3 Å². The summed E-state index contributed by atoms with van der Waals surface area (Å²) < 4.78 is 157. The van der Waals surface area contributed by atoms with Gasteiger partial charge in [0.1, 0.15) is 0 Å². The minimum absolute atomic E-state index is 0.0294. The molecule has 4 rings (SSSR count). The van der Waals surface area contributed by atoms with E-state index in [1.807, 2.05) is 0 Å². The Hall–Kier alpha value is -4.22. The van der Waals surface area contributed by atoms with Crippen LogP contribution >= 0.6 is 0 Å². The fourth-order valence-electron chi connectivity index (χ4n) is 4.03. The maximum absolute atomic E-state index is 13.1. The molecule has 220 valence electrons. The van der Waals surface area contributed by atoms with Gasteiger partial charge in [0.25, 0.3) is 0 Å². The molecule has 0 aromatic heterocycles. The zero-order valence-corrected chi connectivity index (χ0v) is 20.8. The summed E-state index contributed by atoms with van der Waals surface area (Å²) in [5, 5.41) is 1.21. The molecule has 0 saturated heterocycles. The summed E-state index contributed by atoms with van der Waals surface area (Å²) in [4.78, 5) is 0. The summed E-state index contributed by atoms with van der Waals surface area (Å²) in [6.07, 6.45) is -15.1. The number of fused-ring (bicyclic) bond motifs is 1. The van der Waals surface area contributed by atoms with Gasteiger partial charge in [0, 0.05) is 0 Å². The van der Waals surface area contributed by atoms with E-state index in [4.69, 9.17) is 0 Å². The minimum atomic E-state index is -4.99. The monoisotopic (exact) mass is 604 g/mol. The number of hydrogen-bond acceptors (Lipinski definition) is 0. The average Bonchev–Trinajstić information content (AvgIpc) is 2.88. The molecule has 0 aliphatic rings. The van der Waals surface area contributed by atoms with Gasteiger partial charge >= 0.3 is 24.7 Å². The Morgan fingerprint density at radius 1 is 0.310 bits per heavy atom. The third kappa shape index (κ3) is 7.54. The minimum Gasteiger partial charge on any atom is -0.166 e. The molecule has 0 bridgehead atoms. The molecular formula is C30H16F12. The standard InChI is InChI=1S/C30H16F12/c31-27(32,33)23-11-19(12-24(15-23)28(34,35)36)3-1-17-5-7-22-10-18(6-8-21(22)9-17)2-4-20-13-25(29(37,38)39)16-26(14-20)30(40,41)42/h1-16H/b3-1+,4-2+. The molecule has 4 aromatic carbocycles. The second-order valence-corrected chi connectivity index (χ2v) is 9.21. The van der Waals surface area contributed by atoms with Gasteiger partial charge in [0.2, 0.25) is 0 Å². The van der Waals surface area contributed by atoms with Crippen molar-refractivity contribution in [3.8, 4) is 0 Å². The van der Waals surface area contributed by atoms with Crippen molar-refractivity contribution in [1.82, 2.24) is 0 Å². The van der Waals surface area contributed by atoms with Crippen LogP contribution in [0.4, 0.5) is 52.7 Å². The van der Waals surface area contributed by atoms with E-state index in [0.717, 1.165) is 12.2 Å². The highest BCUT2D eigenvalue weighted by Gasteiger charge is 2.37. The maximum Gasteiger partial charge on any atom is 0.416 e. The molecule has 0 aliphatic heterocycles. The van der Waals surface area contributed by atoms with Crippen molar-refractivity contribution in [3.05, 3.63) is 117 Å². The van der Waals surface area contributed by atoms with Crippen LogP contribution < -0.4 is 0 Å². The molecule has 0 radical (unpaired) electrons. The Morgan fingerprint density at radius 3 is 0.833 bits per heavy atom. The lowest BCUT2D eigenvalue weighted by Gasteiger charge is -2.13. The Kier molecular flexibility index (Phi) is 7.96. The van der Waals surface area contributed by atoms with Gasteiger partial charge in [-0.3, -0.25) is 0 Å². The van der Waals surface area contributed by atoms with Gasteiger partial charge in [-0.1, -0.05) is 48.6 Å². The summed E-state index contributed by atoms with van der Waals surface area (Å²) in [6, 6.07) is 11.9. The number of halogens is 12. The van der Waals surface area contributed by atoms with Crippen LogP contribution in [0.3, 0.4) is 0 Å². The highest BCUT2D eigenvalue weighted by molar-refractivity contribution is 5.88. The lowest BCUT2D eigenvalue weighted by atomic mass is 10.0. The third-order valence-electron chi connectivity index (χ3n) is 6.04. The largest absolute Gasteiger partial charge is 0.416 e. The fraction of sp³-hybridized carbons (Fsp3) is 0.133. The first kappa shape index (κ1) is 30.7. The molecule has 12 heteroatoms. The van der Waals surface area contributed by atoms with E-state index >= 15 is 0 Å². The van der Waals surface area contributed by atoms with Crippen LogP contribution in [0.15, 0.2) is 72.8 Å². The maximum atomic E-state index is 13.1. The summed E-state index contributed by atoms with van der Waals surface area (Å²) in [7, 11) is 0. The van der Waals surface area contributed by atoms with Gasteiger partial charge in [-0.05, 0) is 81.6 Å². The van der Waals surface area contributed by atoms with Gasteiger partial charge in [-0.2, -0.15) is 52.7 Å². The topological polar surface area (TPSA) is 0 Å². The number of hydrogen-bond donors (Lipinski definition) is 0. The van der Waals surface area contributed by atoms with Gasteiger partial charge in [-0.15, -0.1) is 0 Å². The highest BCUT2D eigenvalue weighted by Crippen LogP contribution is 2.38. The van der Waals surface area contributed by atoms with Crippen molar-refractivity contribution in [2.75, 3.05) is 0 Å². The Morgan fingerprint density at radius 2 is 0.571 bits per heavy atom. The molecule has 0 N–H and O–H groups in total. The van der Waals surface area contributed by atoms with Crippen molar-refractivity contribution < 1.29 is 52.7 Å². The number of rotatable bonds is 4. The quantitative estimate of drug-likeness (QED) is 0.161. The lowest BCUT2D eigenvalue weighted by Crippen LogP contribution is -2.11. The molecule has 4 aromatic rings. The van der Waals surface area contributed by atoms with Crippen molar-refractivity contribution >= 4 is 35.1 Å². The van der Waals surface area contributed by atoms with Crippen LogP contribution in [0, 0.1) is 0 Å². The molecule has 0 heterocycles. The average molecular weight is 604 g/mol. The Balaban J connectivity index is 1.61. The van der Waals surface area contributed by atoms with Gasteiger partial charge in [-0.25, -0.2) is 0 Å².